The summed E-state index contributed by atoms with van der Waals surface area (Å²) in [5.41, 5.74) is 1.82. The number of hydrogen-bond acceptors (Lipinski definition) is 5. The number of hydrogen-bond donors (Lipinski definition) is 1. The normalized spacial score (nSPS) is 10.5. The Kier molecular flexibility index (Phi) is 4.25. The molecule has 0 bridgehead atoms. The van der Waals surface area contributed by atoms with E-state index in [9.17, 15) is 0 Å². The van der Waals surface area contributed by atoms with E-state index in [0.717, 1.165) is 17.0 Å². The van der Waals surface area contributed by atoms with Crippen molar-refractivity contribution in [1.82, 2.24) is 10.1 Å². The van der Waals surface area contributed by atoms with Crippen molar-refractivity contribution in [3.05, 3.63) is 59.4 Å². The van der Waals surface area contributed by atoms with Crippen molar-refractivity contribution in [3.63, 3.8) is 0 Å². The third-order valence-corrected chi connectivity index (χ3v) is 3.36. The molecule has 0 unspecified atom stereocenters. The molecule has 3 rings (SSSR count). The Morgan fingerprint density at radius 1 is 1.09 bits per heavy atom. The van der Waals surface area contributed by atoms with E-state index in [0.29, 0.717) is 23.3 Å². The zero-order valence-corrected chi connectivity index (χ0v) is 12.7. The van der Waals surface area contributed by atoms with Gasteiger partial charge in [0.1, 0.15) is 5.75 Å². The van der Waals surface area contributed by atoms with Gasteiger partial charge < -0.3 is 14.6 Å². The van der Waals surface area contributed by atoms with E-state index in [2.05, 4.69) is 15.5 Å². The van der Waals surface area contributed by atoms with Gasteiger partial charge in [-0.3, -0.25) is 0 Å². The minimum absolute atomic E-state index is 0.451. The second-order valence-corrected chi connectivity index (χ2v) is 5.04. The molecule has 22 heavy (non-hydrogen) atoms. The summed E-state index contributed by atoms with van der Waals surface area (Å²) in [6.07, 6.45) is 0. The number of halogens is 1. The maximum atomic E-state index is 5.86. The first-order valence-electron chi connectivity index (χ1n) is 6.71. The molecule has 1 aromatic heterocycles. The number of nitrogens with one attached hydrogen (secondary N) is 1. The fourth-order valence-corrected chi connectivity index (χ4v) is 2.06. The second kappa shape index (κ2) is 6.49. The molecule has 5 nitrogen and oxygen atoms in total. The van der Waals surface area contributed by atoms with Gasteiger partial charge in [-0.05, 0) is 48.5 Å². The van der Waals surface area contributed by atoms with E-state index >= 15 is 0 Å². The Morgan fingerprint density at radius 2 is 1.82 bits per heavy atom. The largest absolute Gasteiger partial charge is 0.497 e. The Morgan fingerprint density at radius 3 is 2.50 bits per heavy atom. The van der Waals surface area contributed by atoms with Gasteiger partial charge in [0, 0.05) is 16.3 Å². The van der Waals surface area contributed by atoms with Gasteiger partial charge in [-0.25, -0.2) is 0 Å². The fraction of sp³-hybridized carbons (Fsp3) is 0.125. The monoisotopic (exact) mass is 315 g/mol. The molecule has 0 fully saturated rings. The molecule has 0 radical (unpaired) electrons. The highest BCUT2D eigenvalue weighted by Crippen LogP contribution is 2.19. The van der Waals surface area contributed by atoms with Crippen molar-refractivity contribution in [2.75, 3.05) is 12.4 Å². The van der Waals surface area contributed by atoms with Crippen molar-refractivity contribution in [2.24, 2.45) is 0 Å². The van der Waals surface area contributed by atoms with Gasteiger partial charge >= 0.3 is 0 Å². The summed E-state index contributed by atoms with van der Waals surface area (Å²) < 4.78 is 10.3. The highest BCUT2D eigenvalue weighted by Gasteiger charge is 2.08. The predicted molar refractivity (Wildman–Crippen MR) is 85.1 cm³/mol. The Hall–Kier alpha value is -2.53. The minimum atomic E-state index is 0.451. The summed E-state index contributed by atoms with van der Waals surface area (Å²) >= 11 is 5.86. The summed E-state index contributed by atoms with van der Waals surface area (Å²) in [7, 11) is 1.64. The van der Waals surface area contributed by atoms with Crippen LogP contribution in [-0.2, 0) is 6.54 Å². The molecule has 3 aromatic rings. The van der Waals surface area contributed by atoms with Crippen LogP contribution in [0.5, 0.6) is 5.75 Å². The molecule has 0 aliphatic heterocycles. The molecule has 1 heterocycles. The van der Waals surface area contributed by atoms with Gasteiger partial charge in [-0.1, -0.05) is 16.8 Å². The van der Waals surface area contributed by atoms with Gasteiger partial charge in [0.05, 0.1) is 13.7 Å². The number of nitrogens with zero attached hydrogens (tertiary/aromatic N) is 2. The first kappa shape index (κ1) is 14.4. The van der Waals surface area contributed by atoms with Crippen LogP contribution in [-0.4, -0.2) is 17.3 Å². The van der Waals surface area contributed by atoms with Crippen LogP contribution in [0.4, 0.5) is 5.69 Å². The van der Waals surface area contributed by atoms with Gasteiger partial charge in [0.2, 0.25) is 11.7 Å². The highest BCUT2D eigenvalue weighted by molar-refractivity contribution is 6.30. The Labute approximate surface area is 132 Å². The van der Waals surface area contributed by atoms with Crippen molar-refractivity contribution in [1.29, 1.82) is 0 Å². The number of anilines is 1. The molecule has 112 valence electrons. The molecule has 6 heteroatoms. The van der Waals surface area contributed by atoms with Crippen LogP contribution in [0.25, 0.3) is 11.4 Å². The van der Waals surface area contributed by atoms with Gasteiger partial charge in [0.15, 0.2) is 0 Å². The lowest BCUT2D eigenvalue weighted by molar-refractivity contribution is 0.384. The van der Waals surface area contributed by atoms with Gasteiger partial charge in [0.25, 0.3) is 0 Å². The maximum absolute atomic E-state index is 5.86. The molecule has 0 aliphatic rings. The van der Waals surface area contributed by atoms with E-state index < -0.39 is 0 Å². The van der Waals surface area contributed by atoms with E-state index in [1.54, 1.807) is 19.2 Å². The number of methoxy groups -OCH3 is 1. The quantitative estimate of drug-likeness (QED) is 0.770. The standard InChI is InChI=1S/C16H14ClN3O2/c1-21-14-8-6-13(7-9-14)18-10-15-19-16(20-22-15)11-2-4-12(17)5-3-11/h2-9,18H,10H2,1H3. The lowest BCUT2D eigenvalue weighted by Crippen LogP contribution is -1.99. The SMILES string of the molecule is COc1ccc(NCc2nc(-c3ccc(Cl)cc3)no2)cc1. The number of benzene rings is 2. The van der Waals surface area contributed by atoms with Crippen LogP contribution in [0, 0.1) is 0 Å². The molecule has 2 aromatic carbocycles. The topological polar surface area (TPSA) is 60.2 Å². The fourth-order valence-electron chi connectivity index (χ4n) is 1.93. The van der Waals surface area contributed by atoms with Crippen LogP contribution in [0.1, 0.15) is 5.89 Å². The number of aromatic nitrogens is 2. The molecule has 0 atom stereocenters. The van der Waals surface area contributed by atoms with E-state index in [-0.39, 0.29) is 0 Å². The first-order chi connectivity index (χ1) is 10.7. The first-order valence-corrected chi connectivity index (χ1v) is 7.09. The lowest BCUT2D eigenvalue weighted by Gasteiger charge is -2.04. The van der Waals surface area contributed by atoms with Crippen molar-refractivity contribution >= 4 is 17.3 Å². The molecule has 0 amide bonds. The molecule has 0 saturated heterocycles. The van der Waals surface area contributed by atoms with Gasteiger partial charge in [-0.2, -0.15) is 4.98 Å². The van der Waals surface area contributed by atoms with Crippen molar-refractivity contribution in [2.45, 2.75) is 6.54 Å². The number of rotatable bonds is 5. The van der Waals surface area contributed by atoms with E-state index in [1.807, 2.05) is 36.4 Å². The predicted octanol–water partition coefficient (Wildman–Crippen LogP) is 4.01. The van der Waals surface area contributed by atoms with E-state index in [4.69, 9.17) is 20.9 Å². The third kappa shape index (κ3) is 3.38. The second-order valence-electron chi connectivity index (χ2n) is 4.60. The van der Waals surface area contributed by atoms with E-state index in [1.165, 1.54) is 0 Å². The van der Waals surface area contributed by atoms with Crippen LogP contribution in [0.2, 0.25) is 5.02 Å². The Balaban J connectivity index is 1.65. The summed E-state index contributed by atoms with van der Waals surface area (Å²) in [6, 6.07) is 14.9. The smallest absolute Gasteiger partial charge is 0.246 e. The van der Waals surface area contributed by atoms with Crippen molar-refractivity contribution < 1.29 is 9.26 Å². The molecule has 0 aliphatic carbocycles. The minimum Gasteiger partial charge on any atom is -0.497 e. The molecular weight excluding hydrogens is 302 g/mol. The zero-order chi connectivity index (χ0) is 15.4. The summed E-state index contributed by atoms with van der Waals surface area (Å²) in [4.78, 5) is 4.35. The summed E-state index contributed by atoms with van der Waals surface area (Å²) in [6.45, 7) is 0.451. The zero-order valence-electron chi connectivity index (χ0n) is 11.9. The van der Waals surface area contributed by atoms with Gasteiger partial charge in [-0.15, -0.1) is 0 Å². The Bertz CT molecular complexity index is 739. The molecule has 0 spiro atoms. The molecular formula is C16H14ClN3O2. The van der Waals surface area contributed by atoms with Crippen LogP contribution in [0.15, 0.2) is 53.1 Å². The lowest BCUT2D eigenvalue weighted by atomic mass is 10.2. The van der Waals surface area contributed by atoms with Crippen LogP contribution >= 0.6 is 11.6 Å². The molecule has 1 N–H and O–H groups in total. The average molecular weight is 316 g/mol. The third-order valence-electron chi connectivity index (χ3n) is 3.10. The van der Waals surface area contributed by atoms with Crippen molar-refractivity contribution in [3.8, 4) is 17.1 Å². The van der Waals surface area contributed by atoms with Crippen LogP contribution in [0.3, 0.4) is 0 Å². The van der Waals surface area contributed by atoms with Crippen LogP contribution < -0.4 is 10.1 Å². The highest BCUT2D eigenvalue weighted by atomic mass is 35.5. The summed E-state index contributed by atoms with van der Waals surface area (Å²) in [5, 5.41) is 7.85. The molecule has 0 saturated carbocycles. The average Bonchev–Trinajstić information content (AvgIpc) is 3.03. The number of ether oxygens (including phenoxy) is 1. The maximum Gasteiger partial charge on any atom is 0.246 e. The summed E-state index contributed by atoms with van der Waals surface area (Å²) in [5.74, 6) is 1.87.